The summed E-state index contributed by atoms with van der Waals surface area (Å²) in [5.41, 5.74) is 1.51. The van der Waals surface area contributed by atoms with E-state index in [1.54, 1.807) is 58.2 Å². The smallest absolute Gasteiger partial charge is 0.308 e. The molecule has 0 saturated heterocycles. The molecule has 0 aliphatic rings. The molecular weight excluding hydrogens is 432 g/mol. The summed E-state index contributed by atoms with van der Waals surface area (Å²) < 4.78 is 36.5. The molecule has 1 atom stereocenters. The summed E-state index contributed by atoms with van der Waals surface area (Å²) >= 11 is 0. The fourth-order valence-electron chi connectivity index (χ4n) is 3.02. The molecule has 8 nitrogen and oxygen atoms in total. The van der Waals surface area contributed by atoms with Crippen molar-refractivity contribution in [1.82, 2.24) is 9.62 Å². The quantitative estimate of drug-likeness (QED) is 0.575. The number of nitrogens with one attached hydrogen (secondary N) is 1. The molecule has 0 spiro atoms. The first-order valence-corrected chi connectivity index (χ1v) is 11.6. The maximum Gasteiger partial charge on any atom is 0.308 e. The minimum atomic E-state index is -3.71. The van der Waals surface area contributed by atoms with Crippen molar-refractivity contribution in [2.45, 2.75) is 44.2 Å². The van der Waals surface area contributed by atoms with E-state index in [-0.39, 0.29) is 23.0 Å². The number of carbonyl (C=O) groups is 2. The van der Waals surface area contributed by atoms with Crippen molar-refractivity contribution < 1.29 is 27.5 Å². The minimum Gasteiger partial charge on any atom is -0.497 e. The summed E-state index contributed by atoms with van der Waals surface area (Å²) in [5, 5.41) is 2.85. The van der Waals surface area contributed by atoms with Crippen LogP contribution in [0.25, 0.3) is 0 Å². The van der Waals surface area contributed by atoms with Gasteiger partial charge in [-0.15, -0.1) is 0 Å². The highest BCUT2D eigenvalue weighted by Gasteiger charge is 2.24. The van der Waals surface area contributed by atoms with E-state index >= 15 is 0 Å². The van der Waals surface area contributed by atoms with Crippen LogP contribution in [-0.4, -0.2) is 51.9 Å². The average Bonchev–Trinajstić information content (AvgIpc) is 2.72. The summed E-state index contributed by atoms with van der Waals surface area (Å²) in [4.78, 5) is 25.5. The van der Waals surface area contributed by atoms with Crippen LogP contribution >= 0.6 is 0 Å². The largest absolute Gasteiger partial charge is 0.497 e. The zero-order valence-electron chi connectivity index (χ0n) is 19.2. The van der Waals surface area contributed by atoms with E-state index in [0.717, 1.165) is 4.31 Å². The van der Waals surface area contributed by atoms with Gasteiger partial charge in [0.05, 0.1) is 30.6 Å². The monoisotopic (exact) mass is 462 g/mol. The Bertz CT molecular complexity index is 1060. The van der Waals surface area contributed by atoms with Crippen LogP contribution in [0.3, 0.4) is 0 Å². The number of ether oxygens (including phenoxy) is 2. The number of benzene rings is 2. The Hall–Kier alpha value is -2.91. The maximum absolute atomic E-state index is 13.1. The number of sulfonamides is 1. The van der Waals surface area contributed by atoms with Crippen LogP contribution in [0.2, 0.25) is 0 Å². The van der Waals surface area contributed by atoms with Gasteiger partial charge >= 0.3 is 5.97 Å². The average molecular weight is 463 g/mol. The maximum atomic E-state index is 13.1. The molecule has 0 heterocycles. The van der Waals surface area contributed by atoms with Gasteiger partial charge in [-0.25, -0.2) is 12.7 Å². The lowest BCUT2D eigenvalue weighted by Crippen LogP contribution is -2.32. The van der Waals surface area contributed by atoms with Gasteiger partial charge in [-0.2, -0.15) is 0 Å². The molecule has 1 unspecified atom stereocenters. The van der Waals surface area contributed by atoms with Gasteiger partial charge in [-0.1, -0.05) is 18.2 Å². The van der Waals surface area contributed by atoms with Gasteiger partial charge in [0, 0.05) is 19.7 Å². The van der Waals surface area contributed by atoms with Crippen molar-refractivity contribution in [3.05, 3.63) is 59.2 Å². The SMILES string of the molecule is COc1ccc(C(CC(=O)OC(C)C)NC(=O)c2cc(S(=O)(=O)N(C)C)ccc2C)cc1. The Morgan fingerprint density at radius 1 is 1.06 bits per heavy atom. The number of hydrogen-bond donors (Lipinski definition) is 1. The summed E-state index contributed by atoms with van der Waals surface area (Å²) in [6.07, 6.45) is -0.366. The van der Waals surface area contributed by atoms with Crippen LogP contribution in [-0.2, 0) is 19.6 Å². The highest BCUT2D eigenvalue weighted by molar-refractivity contribution is 7.89. The number of nitrogens with zero attached hydrogens (tertiary/aromatic N) is 1. The Morgan fingerprint density at radius 2 is 1.69 bits per heavy atom. The van der Waals surface area contributed by atoms with Crippen LogP contribution in [0, 0.1) is 6.92 Å². The summed E-state index contributed by atoms with van der Waals surface area (Å²) in [6, 6.07) is 10.7. The van der Waals surface area contributed by atoms with E-state index < -0.39 is 27.9 Å². The summed E-state index contributed by atoms with van der Waals surface area (Å²) in [5.74, 6) is -0.306. The molecule has 0 bridgehead atoms. The first-order valence-electron chi connectivity index (χ1n) is 10.1. The third-order valence-electron chi connectivity index (χ3n) is 4.79. The van der Waals surface area contributed by atoms with Gasteiger partial charge in [0.25, 0.3) is 5.91 Å². The van der Waals surface area contributed by atoms with E-state index in [4.69, 9.17) is 9.47 Å². The normalized spacial score (nSPS) is 12.5. The number of carbonyl (C=O) groups excluding carboxylic acids is 2. The van der Waals surface area contributed by atoms with E-state index in [2.05, 4.69) is 5.32 Å². The Morgan fingerprint density at radius 3 is 2.22 bits per heavy atom. The molecule has 174 valence electrons. The number of aryl methyl sites for hydroxylation is 1. The van der Waals surface area contributed by atoms with Gasteiger partial charge in [-0.05, 0) is 56.2 Å². The first kappa shape index (κ1) is 25.4. The van der Waals surface area contributed by atoms with E-state index in [1.165, 1.54) is 26.2 Å². The fourth-order valence-corrected chi connectivity index (χ4v) is 3.95. The predicted octanol–water partition coefficient (Wildman–Crippen LogP) is 3.07. The standard InChI is InChI=1S/C23H30N2O6S/c1-15(2)31-22(26)14-21(17-8-10-18(30-6)11-9-17)24-23(27)20-13-19(12-7-16(20)3)32(28,29)25(4)5/h7-13,15,21H,14H2,1-6H3,(H,24,27). The zero-order valence-corrected chi connectivity index (χ0v) is 20.0. The van der Waals surface area contributed by atoms with Crippen molar-refractivity contribution in [2.75, 3.05) is 21.2 Å². The van der Waals surface area contributed by atoms with E-state index in [1.807, 2.05) is 0 Å². The molecule has 0 radical (unpaired) electrons. The second-order valence-electron chi connectivity index (χ2n) is 7.81. The Balaban J connectivity index is 2.37. The molecule has 0 aliphatic heterocycles. The zero-order chi connectivity index (χ0) is 24.1. The second kappa shape index (κ2) is 10.6. The third kappa shape index (κ3) is 6.30. The fraction of sp³-hybridized carbons (Fsp3) is 0.391. The van der Waals surface area contributed by atoms with Crippen LogP contribution in [0.1, 0.15) is 47.8 Å². The summed E-state index contributed by atoms with van der Waals surface area (Å²) in [7, 11) is 0.693. The van der Waals surface area contributed by atoms with E-state index in [0.29, 0.717) is 16.9 Å². The van der Waals surface area contributed by atoms with Crippen molar-refractivity contribution in [1.29, 1.82) is 0 Å². The minimum absolute atomic E-state index is 0.0125. The molecule has 0 aliphatic carbocycles. The first-order chi connectivity index (χ1) is 14.9. The second-order valence-corrected chi connectivity index (χ2v) is 9.96. The lowest BCUT2D eigenvalue weighted by molar-refractivity contribution is -0.147. The van der Waals surface area contributed by atoms with Crippen LogP contribution in [0.4, 0.5) is 0 Å². The van der Waals surface area contributed by atoms with Gasteiger partial charge in [0.1, 0.15) is 5.75 Å². The van der Waals surface area contributed by atoms with Gasteiger partial charge < -0.3 is 14.8 Å². The third-order valence-corrected chi connectivity index (χ3v) is 6.60. The highest BCUT2D eigenvalue weighted by atomic mass is 32.2. The molecule has 0 saturated carbocycles. The molecule has 2 aromatic carbocycles. The van der Waals surface area contributed by atoms with E-state index in [9.17, 15) is 18.0 Å². The van der Waals surface area contributed by atoms with Crippen molar-refractivity contribution in [2.24, 2.45) is 0 Å². The van der Waals surface area contributed by atoms with Crippen LogP contribution in [0.5, 0.6) is 5.75 Å². The predicted molar refractivity (Wildman–Crippen MR) is 121 cm³/mol. The Labute approximate surface area is 189 Å². The lowest BCUT2D eigenvalue weighted by atomic mass is 10.0. The van der Waals surface area contributed by atoms with Crippen molar-refractivity contribution in [3.8, 4) is 5.75 Å². The molecule has 1 N–H and O–H groups in total. The molecule has 0 fully saturated rings. The van der Waals surface area contributed by atoms with Crippen molar-refractivity contribution >= 4 is 21.9 Å². The van der Waals surface area contributed by atoms with Gasteiger partial charge in [0.2, 0.25) is 10.0 Å². The number of methoxy groups -OCH3 is 1. The lowest BCUT2D eigenvalue weighted by Gasteiger charge is -2.21. The van der Waals surface area contributed by atoms with Crippen LogP contribution in [0.15, 0.2) is 47.4 Å². The molecule has 0 aromatic heterocycles. The number of hydrogen-bond acceptors (Lipinski definition) is 6. The Kier molecular flexibility index (Phi) is 8.40. The van der Waals surface area contributed by atoms with Crippen molar-refractivity contribution in [3.63, 3.8) is 0 Å². The topological polar surface area (TPSA) is 102 Å². The number of esters is 1. The van der Waals surface area contributed by atoms with Gasteiger partial charge in [0.15, 0.2) is 0 Å². The highest BCUT2D eigenvalue weighted by Crippen LogP contribution is 2.23. The number of amides is 1. The summed E-state index contributed by atoms with van der Waals surface area (Å²) in [6.45, 7) is 5.22. The molecule has 1 amide bonds. The molecule has 32 heavy (non-hydrogen) atoms. The molecule has 9 heteroatoms. The molecular formula is C23H30N2O6S. The molecule has 2 aromatic rings. The molecule has 2 rings (SSSR count). The van der Waals surface area contributed by atoms with Gasteiger partial charge in [-0.3, -0.25) is 9.59 Å². The van der Waals surface area contributed by atoms with Crippen LogP contribution < -0.4 is 10.1 Å². The number of rotatable bonds is 9.